The molecule has 0 bridgehead atoms. The Morgan fingerprint density at radius 3 is 2.45 bits per heavy atom. The molecule has 20 heavy (non-hydrogen) atoms. The highest BCUT2D eigenvalue weighted by atomic mass is 32.2. The van der Waals surface area contributed by atoms with Gasteiger partial charge in [-0.2, -0.15) is 18.3 Å². The molecule has 2 rings (SSSR count). The molecule has 0 aliphatic rings. The molecular weight excluding hydrogens is 287 g/mol. The molecule has 0 fully saturated rings. The summed E-state index contributed by atoms with van der Waals surface area (Å²) < 4.78 is 39.0. The van der Waals surface area contributed by atoms with Gasteiger partial charge in [-0.05, 0) is 17.7 Å². The molecule has 0 amide bonds. The zero-order valence-electron chi connectivity index (χ0n) is 10.8. The minimum Gasteiger partial charge on any atom is -0.323 e. The molecule has 1 atom stereocenters. The number of halogens is 3. The van der Waals surface area contributed by atoms with Crippen molar-refractivity contribution in [1.82, 2.24) is 9.78 Å². The second kappa shape index (κ2) is 5.88. The molecule has 2 N–H and O–H groups in total. The Labute approximate surface area is 119 Å². The molecule has 7 heteroatoms. The van der Waals surface area contributed by atoms with Crippen molar-refractivity contribution in [2.24, 2.45) is 12.8 Å². The van der Waals surface area contributed by atoms with Crippen LogP contribution in [-0.2, 0) is 13.2 Å². The molecular formula is C13H14F3N3S. The molecule has 2 aromatic rings. The Morgan fingerprint density at radius 1 is 1.30 bits per heavy atom. The second-order valence-electron chi connectivity index (χ2n) is 4.39. The van der Waals surface area contributed by atoms with E-state index in [1.54, 1.807) is 10.9 Å². The predicted octanol–water partition coefficient (Wildman–Crippen LogP) is 3.23. The largest absolute Gasteiger partial charge is 0.416 e. The molecule has 1 aromatic carbocycles. The van der Waals surface area contributed by atoms with Crippen LogP contribution in [0.15, 0.2) is 41.6 Å². The Bertz CT molecular complexity index is 563. The van der Waals surface area contributed by atoms with E-state index >= 15 is 0 Å². The van der Waals surface area contributed by atoms with E-state index in [1.165, 1.54) is 23.9 Å². The maximum atomic E-state index is 12.4. The first-order valence-electron chi connectivity index (χ1n) is 5.90. The van der Waals surface area contributed by atoms with Gasteiger partial charge in [0.15, 0.2) is 0 Å². The minimum absolute atomic E-state index is 0.317. The lowest BCUT2D eigenvalue weighted by Crippen LogP contribution is -2.13. The molecule has 0 radical (unpaired) electrons. The number of nitrogens with two attached hydrogens (primary N) is 1. The van der Waals surface area contributed by atoms with Crippen LogP contribution in [-0.4, -0.2) is 15.5 Å². The molecule has 1 unspecified atom stereocenters. The van der Waals surface area contributed by atoms with Crippen LogP contribution in [0.5, 0.6) is 0 Å². The topological polar surface area (TPSA) is 43.8 Å². The second-order valence-corrected chi connectivity index (χ2v) is 5.48. The zero-order chi connectivity index (χ0) is 14.8. The van der Waals surface area contributed by atoms with Gasteiger partial charge in [-0.3, -0.25) is 4.68 Å². The van der Waals surface area contributed by atoms with E-state index in [0.29, 0.717) is 11.3 Å². The van der Waals surface area contributed by atoms with Crippen molar-refractivity contribution in [3.8, 4) is 0 Å². The predicted molar refractivity (Wildman–Crippen MR) is 72.3 cm³/mol. The Hall–Kier alpha value is -1.47. The van der Waals surface area contributed by atoms with Crippen molar-refractivity contribution in [1.29, 1.82) is 0 Å². The molecule has 3 nitrogen and oxygen atoms in total. The summed E-state index contributed by atoms with van der Waals surface area (Å²) >= 11 is 1.52. The summed E-state index contributed by atoms with van der Waals surface area (Å²) in [6, 6.07) is 4.66. The molecule has 0 aliphatic heterocycles. The third kappa shape index (κ3) is 3.77. The molecule has 1 heterocycles. The highest BCUT2D eigenvalue weighted by Gasteiger charge is 2.30. The first kappa shape index (κ1) is 14.9. The summed E-state index contributed by atoms with van der Waals surface area (Å²) in [5.74, 6) is 0.580. The van der Waals surface area contributed by atoms with E-state index in [1.807, 2.05) is 13.2 Å². The van der Waals surface area contributed by atoms with Gasteiger partial charge in [0.05, 0.1) is 11.8 Å². The van der Waals surface area contributed by atoms with E-state index in [0.717, 1.165) is 17.0 Å². The summed E-state index contributed by atoms with van der Waals surface area (Å²) in [4.78, 5) is 0.981. The van der Waals surface area contributed by atoms with Crippen LogP contribution in [0.3, 0.4) is 0 Å². The lowest BCUT2D eigenvalue weighted by Gasteiger charge is -2.12. The van der Waals surface area contributed by atoms with E-state index in [9.17, 15) is 13.2 Å². The average molecular weight is 301 g/mol. The maximum Gasteiger partial charge on any atom is 0.416 e. The van der Waals surface area contributed by atoms with Gasteiger partial charge in [0.2, 0.25) is 0 Å². The molecule has 0 saturated heterocycles. The molecule has 0 saturated carbocycles. The van der Waals surface area contributed by atoms with Gasteiger partial charge >= 0.3 is 6.18 Å². The lowest BCUT2D eigenvalue weighted by atomic mass is 10.1. The molecule has 0 aliphatic carbocycles. The monoisotopic (exact) mass is 301 g/mol. The molecule has 108 valence electrons. The smallest absolute Gasteiger partial charge is 0.323 e. The maximum absolute atomic E-state index is 12.4. The van der Waals surface area contributed by atoms with Gasteiger partial charge in [-0.25, -0.2) is 0 Å². The fraction of sp³-hybridized carbons (Fsp3) is 0.308. The first-order valence-corrected chi connectivity index (χ1v) is 6.89. The van der Waals surface area contributed by atoms with Crippen LogP contribution in [0.2, 0.25) is 0 Å². The number of hydrogen-bond acceptors (Lipinski definition) is 3. The van der Waals surface area contributed by atoms with Gasteiger partial charge < -0.3 is 5.73 Å². The molecule has 0 spiro atoms. The lowest BCUT2D eigenvalue weighted by molar-refractivity contribution is -0.137. The summed E-state index contributed by atoms with van der Waals surface area (Å²) in [5, 5.41) is 4.04. The number of aryl methyl sites for hydroxylation is 1. The van der Waals surface area contributed by atoms with Crippen molar-refractivity contribution in [3.63, 3.8) is 0 Å². The van der Waals surface area contributed by atoms with Crippen LogP contribution >= 0.6 is 11.8 Å². The number of hydrogen-bond donors (Lipinski definition) is 1. The molecule has 1 aromatic heterocycles. The summed E-state index contributed by atoms with van der Waals surface area (Å²) in [7, 11) is 1.82. The van der Waals surface area contributed by atoms with Crippen LogP contribution < -0.4 is 5.73 Å². The highest BCUT2D eigenvalue weighted by molar-refractivity contribution is 7.99. The number of rotatable bonds is 4. The fourth-order valence-electron chi connectivity index (χ4n) is 1.67. The Morgan fingerprint density at radius 2 is 1.95 bits per heavy atom. The van der Waals surface area contributed by atoms with Crippen molar-refractivity contribution in [2.75, 3.05) is 5.75 Å². The van der Waals surface area contributed by atoms with Crippen LogP contribution in [0.25, 0.3) is 0 Å². The number of alkyl halides is 3. The van der Waals surface area contributed by atoms with Gasteiger partial charge in [0.25, 0.3) is 0 Å². The fourth-order valence-corrected chi connectivity index (χ4v) is 2.59. The van der Waals surface area contributed by atoms with Gasteiger partial charge in [-0.15, -0.1) is 11.8 Å². The number of nitrogens with zero attached hydrogens (tertiary/aromatic N) is 2. The standard InChI is InChI=1S/C13H14F3N3S/c1-19-7-11(6-18-19)20-8-12(17)9-2-4-10(5-3-9)13(14,15)16/h2-7,12H,8,17H2,1H3. The normalized spacial score (nSPS) is 13.4. The van der Waals surface area contributed by atoms with E-state index in [4.69, 9.17) is 5.73 Å². The van der Waals surface area contributed by atoms with Crippen molar-refractivity contribution < 1.29 is 13.2 Å². The van der Waals surface area contributed by atoms with Crippen molar-refractivity contribution in [3.05, 3.63) is 47.8 Å². The highest BCUT2D eigenvalue weighted by Crippen LogP contribution is 2.30. The SMILES string of the molecule is Cn1cc(SCC(N)c2ccc(C(F)(F)F)cc2)cn1. The van der Waals surface area contributed by atoms with Crippen molar-refractivity contribution in [2.45, 2.75) is 17.1 Å². The number of benzene rings is 1. The Kier molecular flexibility index (Phi) is 4.39. The summed E-state index contributed by atoms with van der Waals surface area (Å²) in [6.45, 7) is 0. The third-order valence-electron chi connectivity index (χ3n) is 2.78. The van der Waals surface area contributed by atoms with E-state index in [2.05, 4.69) is 5.10 Å². The summed E-state index contributed by atoms with van der Waals surface area (Å²) in [6.07, 6.45) is -0.721. The summed E-state index contributed by atoms with van der Waals surface area (Å²) in [5.41, 5.74) is 6.01. The number of thioether (sulfide) groups is 1. The Balaban J connectivity index is 1.97. The van der Waals surface area contributed by atoms with Gasteiger partial charge in [0.1, 0.15) is 0 Å². The minimum atomic E-state index is -4.31. The van der Waals surface area contributed by atoms with E-state index in [-0.39, 0.29) is 6.04 Å². The van der Waals surface area contributed by atoms with Crippen molar-refractivity contribution >= 4 is 11.8 Å². The quantitative estimate of drug-likeness (QED) is 0.882. The average Bonchev–Trinajstić information content (AvgIpc) is 2.81. The first-order chi connectivity index (χ1) is 9.36. The third-order valence-corrected chi connectivity index (χ3v) is 3.85. The van der Waals surface area contributed by atoms with Crippen LogP contribution in [0.1, 0.15) is 17.2 Å². The van der Waals surface area contributed by atoms with Gasteiger partial charge in [0, 0.05) is 29.9 Å². The number of aromatic nitrogens is 2. The van der Waals surface area contributed by atoms with E-state index < -0.39 is 11.7 Å². The van der Waals surface area contributed by atoms with Crippen LogP contribution in [0, 0.1) is 0 Å². The zero-order valence-corrected chi connectivity index (χ0v) is 11.6. The van der Waals surface area contributed by atoms with Crippen LogP contribution in [0.4, 0.5) is 13.2 Å². The van der Waals surface area contributed by atoms with Gasteiger partial charge in [-0.1, -0.05) is 12.1 Å².